The Hall–Kier alpha value is -2.93. The quantitative estimate of drug-likeness (QED) is 0.546. The van der Waals surface area contributed by atoms with E-state index >= 15 is 0 Å². The lowest BCUT2D eigenvalue weighted by Crippen LogP contribution is -2.47. The van der Waals surface area contributed by atoms with Crippen LogP contribution in [0.3, 0.4) is 0 Å². The topological polar surface area (TPSA) is 87.5 Å². The van der Waals surface area contributed by atoms with E-state index in [9.17, 15) is 26.4 Å². The maximum atomic E-state index is 13.9. The second kappa shape index (κ2) is 9.61. The molecule has 186 valence electrons. The van der Waals surface area contributed by atoms with Crippen molar-refractivity contribution in [3.05, 3.63) is 71.0 Å². The van der Waals surface area contributed by atoms with Gasteiger partial charge in [-0.15, -0.1) is 0 Å². The molecule has 0 radical (unpaired) electrons. The zero-order chi connectivity index (χ0) is 25.4. The third-order valence-electron chi connectivity index (χ3n) is 5.55. The van der Waals surface area contributed by atoms with Crippen LogP contribution in [0.5, 0.6) is 0 Å². The smallest absolute Gasteiger partial charge is 0.322 e. The van der Waals surface area contributed by atoms with Gasteiger partial charge in [-0.3, -0.25) is 4.79 Å². The summed E-state index contributed by atoms with van der Waals surface area (Å²) in [6.07, 6.45) is -4.08. The van der Waals surface area contributed by atoms with Crippen molar-refractivity contribution >= 4 is 33.2 Å². The number of carbonyl (C=O) groups excluding carboxylic acids is 1. The summed E-state index contributed by atoms with van der Waals surface area (Å²) >= 11 is 5.81. The minimum absolute atomic E-state index is 0.0394. The van der Waals surface area contributed by atoms with Crippen molar-refractivity contribution in [2.45, 2.75) is 11.1 Å². The van der Waals surface area contributed by atoms with E-state index < -0.39 is 33.4 Å². The molecule has 1 amide bonds. The zero-order valence-corrected chi connectivity index (χ0v) is 20.0. The molecular weight excluding hydrogens is 507 g/mol. The van der Waals surface area contributed by atoms with E-state index in [4.69, 9.17) is 11.6 Å². The largest absolute Gasteiger partial charge is 0.434 e. The lowest BCUT2D eigenvalue weighted by molar-refractivity contribution is -0.143. The van der Waals surface area contributed by atoms with Gasteiger partial charge < -0.3 is 10.2 Å². The predicted molar refractivity (Wildman–Crippen MR) is 124 cm³/mol. The van der Waals surface area contributed by atoms with Gasteiger partial charge in [0.05, 0.1) is 22.3 Å². The molecule has 0 unspecified atom stereocenters. The number of likely N-dealkylation sites (N-methyl/N-ethyl adjacent to an activating group) is 1. The van der Waals surface area contributed by atoms with Crippen LogP contribution in [0.4, 0.5) is 18.9 Å². The number of hydrogen-bond donors (Lipinski definition) is 1. The summed E-state index contributed by atoms with van der Waals surface area (Å²) in [7, 11) is -1.93. The van der Waals surface area contributed by atoms with E-state index in [1.165, 1.54) is 52.8 Å². The summed E-state index contributed by atoms with van der Waals surface area (Å²) in [6.45, 7) is 1.78. The van der Waals surface area contributed by atoms with Gasteiger partial charge in [0.15, 0.2) is 5.69 Å². The number of alkyl halides is 3. The Balaban J connectivity index is 1.62. The number of anilines is 1. The predicted octanol–water partition coefficient (Wildman–Crippen LogP) is 3.73. The first-order chi connectivity index (χ1) is 16.5. The number of rotatable bonds is 5. The van der Waals surface area contributed by atoms with Crippen molar-refractivity contribution in [2.24, 2.45) is 0 Å². The molecule has 1 saturated heterocycles. The number of sulfonamides is 1. The molecule has 0 aliphatic carbocycles. The van der Waals surface area contributed by atoms with Crippen molar-refractivity contribution in [1.82, 2.24) is 19.0 Å². The Kier molecular flexibility index (Phi) is 6.91. The van der Waals surface area contributed by atoms with E-state index in [1.54, 1.807) is 0 Å². The zero-order valence-electron chi connectivity index (χ0n) is 18.5. The van der Waals surface area contributed by atoms with Crippen LogP contribution in [-0.4, -0.2) is 66.5 Å². The van der Waals surface area contributed by atoms with Crippen LogP contribution < -0.4 is 5.32 Å². The first kappa shape index (κ1) is 25.2. The molecule has 13 heteroatoms. The Morgan fingerprint density at radius 1 is 1.06 bits per heavy atom. The molecule has 2 aromatic carbocycles. The van der Waals surface area contributed by atoms with Gasteiger partial charge in [-0.1, -0.05) is 17.7 Å². The maximum Gasteiger partial charge on any atom is 0.434 e. The van der Waals surface area contributed by atoms with E-state index in [-0.39, 0.29) is 16.3 Å². The highest BCUT2D eigenvalue weighted by atomic mass is 35.5. The summed E-state index contributed by atoms with van der Waals surface area (Å²) in [5, 5.41) is 6.45. The second-order valence-corrected chi connectivity index (χ2v) is 10.4. The van der Waals surface area contributed by atoms with Crippen LogP contribution in [0.25, 0.3) is 5.69 Å². The molecule has 1 fully saturated rings. The van der Waals surface area contributed by atoms with Crippen molar-refractivity contribution in [3.63, 3.8) is 0 Å². The summed E-state index contributed by atoms with van der Waals surface area (Å²) in [6, 6.07) is 10.9. The molecule has 1 N–H and O–H groups in total. The van der Waals surface area contributed by atoms with Crippen LogP contribution in [0.15, 0.2) is 59.6 Å². The van der Waals surface area contributed by atoms with Crippen molar-refractivity contribution in [2.75, 3.05) is 38.5 Å². The molecule has 3 aromatic rings. The van der Waals surface area contributed by atoms with E-state index in [0.717, 1.165) is 6.20 Å². The molecule has 35 heavy (non-hydrogen) atoms. The van der Waals surface area contributed by atoms with Crippen LogP contribution in [0.1, 0.15) is 16.1 Å². The summed E-state index contributed by atoms with van der Waals surface area (Å²) < 4.78 is 69.7. The fraction of sp³-hybridized carbons (Fsp3) is 0.273. The fourth-order valence-corrected chi connectivity index (χ4v) is 5.27. The van der Waals surface area contributed by atoms with Crippen LogP contribution in [0, 0.1) is 0 Å². The minimum atomic E-state index is -4.89. The number of nitrogens with zero attached hydrogens (tertiary/aromatic N) is 4. The van der Waals surface area contributed by atoms with Gasteiger partial charge in [0.2, 0.25) is 10.0 Å². The normalized spacial score (nSPS) is 15.8. The van der Waals surface area contributed by atoms with Gasteiger partial charge in [-0.05, 0) is 49.5 Å². The highest BCUT2D eigenvalue weighted by molar-refractivity contribution is 7.89. The summed E-state index contributed by atoms with van der Waals surface area (Å²) in [5.41, 5.74) is -1.86. The van der Waals surface area contributed by atoms with Gasteiger partial charge >= 0.3 is 6.18 Å². The number of nitrogens with one attached hydrogen (secondary N) is 1. The van der Waals surface area contributed by atoms with Crippen LogP contribution >= 0.6 is 11.6 Å². The molecule has 2 heterocycles. The van der Waals surface area contributed by atoms with Crippen molar-refractivity contribution in [3.8, 4) is 5.69 Å². The molecule has 0 bridgehead atoms. The summed E-state index contributed by atoms with van der Waals surface area (Å²) in [5.74, 6) is -1.08. The average molecular weight is 528 g/mol. The SMILES string of the molecule is CN1CCN(S(=O)(=O)c2cccc(NC(=O)c3cnn(-c4ccc(Cl)cc4)c3C(F)(F)F)c2)CC1. The number of benzene rings is 2. The molecule has 1 aliphatic heterocycles. The molecule has 0 spiro atoms. The van der Waals surface area contributed by atoms with E-state index in [0.29, 0.717) is 35.9 Å². The summed E-state index contributed by atoms with van der Waals surface area (Å²) in [4.78, 5) is 14.8. The monoisotopic (exact) mass is 527 g/mol. The molecule has 0 saturated carbocycles. The van der Waals surface area contributed by atoms with Gasteiger partial charge in [0, 0.05) is 36.9 Å². The Morgan fingerprint density at radius 3 is 2.34 bits per heavy atom. The number of carbonyl (C=O) groups is 1. The highest BCUT2D eigenvalue weighted by Crippen LogP contribution is 2.34. The molecule has 1 aliphatic rings. The Labute approximate surface area is 204 Å². The number of piperazine rings is 1. The second-order valence-electron chi connectivity index (χ2n) is 7.98. The lowest BCUT2D eigenvalue weighted by atomic mass is 10.2. The minimum Gasteiger partial charge on any atom is -0.322 e. The number of hydrogen-bond acceptors (Lipinski definition) is 5. The number of amides is 1. The van der Waals surface area contributed by atoms with Crippen LogP contribution in [-0.2, 0) is 16.2 Å². The van der Waals surface area contributed by atoms with E-state index in [2.05, 4.69) is 10.4 Å². The van der Waals surface area contributed by atoms with Gasteiger partial charge in [0.25, 0.3) is 5.91 Å². The first-order valence-corrected chi connectivity index (χ1v) is 12.3. The Bertz CT molecular complexity index is 1340. The number of aromatic nitrogens is 2. The third kappa shape index (κ3) is 5.35. The van der Waals surface area contributed by atoms with E-state index in [1.807, 2.05) is 11.9 Å². The molecule has 0 atom stereocenters. The van der Waals surface area contributed by atoms with Gasteiger partial charge in [-0.25, -0.2) is 13.1 Å². The average Bonchev–Trinajstić information content (AvgIpc) is 3.26. The lowest BCUT2D eigenvalue weighted by Gasteiger charge is -2.31. The molecular formula is C22H21ClF3N5O3S. The molecule has 4 rings (SSSR count). The van der Waals surface area contributed by atoms with Gasteiger partial charge in [0.1, 0.15) is 0 Å². The molecule has 1 aromatic heterocycles. The highest BCUT2D eigenvalue weighted by Gasteiger charge is 2.40. The standard InChI is InChI=1S/C22H21ClF3N5O3S/c1-29-9-11-30(12-10-29)35(33,34)18-4-2-3-16(13-18)28-21(32)19-14-27-31(20(19)22(24,25)26)17-7-5-15(23)6-8-17/h2-8,13-14H,9-12H2,1H3,(H,28,32). The van der Waals surface area contributed by atoms with Crippen molar-refractivity contribution in [1.29, 1.82) is 0 Å². The maximum absolute atomic E-state index is 13.9. The fourth-order valence-electron chi connectivity index (χ4n) is 3.68. The third-order valence-corrected chi connectivity index (χ3v) is 7.69. The van der Waals surface area contributed by atoms with Crippen LogP contribution in [0.2, 0.25) is 5.02 Å². The van der Waals surface area contributed by atoms with Gasteiger partial charge in [-0.2, -0.15) is 22.6 Å². The first-order valence-electron chi connectivity index (χ1n) is 10.5. The Morgan fingerprint density at radius 2 is 1.71 bits per heavy atom. The number of halogens is 4. The van der Waals surface area contributed by atoms with Crippen molar-refractivity contribution < 1.29 is 26.4 Å². The molecule has 8 nitrogen and oxygen atoms in total.